The lowest BCUT2D eigenvalue weighted by Crippen LogP contribution is -1.70. The molecule has 0 saturated heterocycles. The van der Waals surface area contributed by atoms with E-state index in [0.29, 0.717) is 0 Å². The van der Waals surface area contributed by atoms with Crippen LogP contribution in [0.2, 0.25) is 5.02 Å². The van der Waals surface area contributed by atoms with Crippen LogP contribution in [0.25, 0.3) is 17.1 Å². The highest BCUT2D eigenvalue weighted by molar-refractivity contribution is 6.31. The first-order chi connectivity index (χ1) is 6.29. The molecule has 0 radical (unpaired) electrons. The molecule has 2 aromatic rings. The van der Waals surface area contributed by atoms with Gasteiger partial charge >= 0.3 is 0 Å². The first-order valence-corrected chi connectivity index (χ1v) is 4.45. The van der Waals surface area contributed by atoms with Crippen molar-refractivity contribution in [1.82, 2.24) is 9.97 Å². The lowest BCUT2D eigenvalue weighted by Gasteiger charge is -1.87. The van der Waals surface area contributed by atoms with Gasteiger partial charge in [-0.3, -0.25) is 0 Å². The molecule has 0 unspecified atom stereocenters. The molecule has 2 rings (SSSR count). The molecule has 0 saturated carbocycles. The maximum absolute atomic E-state index is 5.84. The zero-order valence-electron chi connectivity index (χ0n) is 7.21. The summed E-state index contributed by atoms with van der Waals surface area (Å²) in [4.78, 5) is 7.50. The van der Waals surface area contributed by atoms with E-state index in [-0.39, 0.29) is 0 Å². The number of hydrogen-bond acceptors (Lipinski definition) is 1. The third-order valence-electron chi connectivity index (χ3n) is 1.79. The van der Waals surface area contributed by atoms with Gasteiger partial charge in [0.1, 0.15) is 5.82 Å². The molecule has 0 amide bonds. The summed E-state index contributed by atoms with van der Waals surface area (Å²) in [7, 11) is 0. The molecule has 1 aromatic carbocycles. The van der Waals surface area contributed by atoms with Crippen LogP contribution in [-0.4, -0.2) is 9.97 Å². The Hall–Kier alpha value is -1.28. The molecule has 1 heterocycles. The number of aromatic nitrogens is 2. The summed E-state index contributed by atoms with van der Waals surface area (Å²) in [6, 6.07) is 5.61. The normalized spacial score (nSPS) is 11.5. The molecule has 1 aromatic heterocycles. The average molecular weight is 193 g/mol. The number of benzene rings is 1. The lowest BCUT2D eigenvalue weighted by molar-refractivity contribution is 1.29. The van der Waals surface area contributed by atoms with Crippen molar-refractivity contribution in [1.29, 1.82) is 0 Å². The molecule has 0 aliphatic rings. The summed E-state index contributed by atoms with van der Waals surface area (Å²) < 4.78 is 0. The minimum absolute atomic E-state index is 0.725. The van der Waals surface area contributed by atoms with Crippen LogP contribution in [0.3, 0.4) is 0 Å². The van der Waals surface area contributed by atoms with E-state index in [1.165, 1.54) is 0 Å². The van der Waals surface area contributed by atoms with Crippen LogP contribution in [-0.2, 0) is 0 Å². The van der Waals surface area contributed by atoms with Crippen LogP contribution < -0.4 is 0 Å². The number of hydrogen-bond donors (Lipinski definition) is 1. The predicted molar refractivity (Wildman–Crippen MR) is 55.8 cm³/mol. The molecule has 0 fully saturated rings. The summed E-state index contributed by atoms with van der Waals surface area (Å²) >= 11 is 5.84. The third-order valence-corrected chi connectivity index (χ3v) is 2.02. The molecule has 3 heteroatoms. The number of imidazole rings is 1. The fourth-order valence-electron chi connectivity index (χ4n) is 1.24. The van der Waals surface area contributed by atoms with E-state index in [1.807, 2.05) is 37.3 Å². The van der Waals surface area contributed by atoms with Gasteiger partial charge < -0.3 is 4.98 Å². The number of nitrogens with zero attached hydrogens (tertiary/aromatic N) is 1. The van der Waals surface area contributed by atoms with Crippen molar-refractivity contribution in [3.8, 4) is 0 Å². The Morgan fingerprint density at radius 3 is 3.08 bits per heavy atom. The lowest BCUT2D eigenvalue weighted by atomic mass is 10.3. The topological polar surface area (TPSA) is 28.7 Å². The highest BCUT2D eigenvalue weighted by atomic mass is 35.5. The van der Waals surface area contributed by atoms with Crippen LogP contribution in [0.1, 0.15) is 12.7 Å². The minimum Gasteiger partial charge on any atom is -0.338 e. The van der Waals surface area contributed by atoms with E-state index in [1.54, 1.807) is 0 Å². The number of halogens is 1. The largest absolute Gasteiger partial charge is 0.338 e. The molecule has 0 atom stereocenters. The number of allylic oxidation sites excluding steroid dienone is 1. The zero-order chi connectivity index (χ0) is 9.26. The molecule has 0 aliphatic heterocycles. The summed E-state index contributed by atoms with van der Waals surface area (Å²) in [5.74, 6) is 0.861. The van der Waals surface area contributed by atoms with Gasteiger partial charge in [0.05, 0.1) is 11.0 Å². The average Bonchev–Trinajstić information content (AvgIpc) is 2.46. The number of aromatic amines is 1. The van der Waals surface area contributed by atoms with Crippen LogP contribution >= 0.6 is 11.6 Å². The summed E-state index contributed by atoms with van der Waals surface area (Å²) in [6.45, 7) is 1.96. The van der Waals surface area contributed by atoms with Gasteiger partial charge in [-0.05, 0) is 31.2 Å². The highest BCUT2D eigenvalue weighted by Crippen LogP contribution is 2.17. The van der Waals surface area contributed by atoms with E-state index < -0.39 is 0 Å². The van der Waals surface area contributed by atoms with Gasteiger partial charge in [-0.2, -0.15) is 0 Å². The molecule has 0 spiro atoms. The quantitative estimate of drug-likeness (QED) is 0.738. The van der Waals surface area contributed by atoms with Crippen LogP contribution in [0.15, 0.2) is 24.3 Å². The summed E-state index contributed by atoms with van der Waals surface area (Å²) in [5, 5.41) is 0.725. The van der Waals surface area contributed by atoms with Crippen molar-refractivity contribution in [2.75, 3.05) is 0 Å². The second-order valence-electron chi connectivity index (χ2n) is 2.78. The fourth-order valence-corrected chi connectivity index (χ4v) is 1.41. The van der Waals surface area contributed by atoms with Gasteiger partial charge in [-0.1, -0.05) is 17.7 Å². The van der Waals surface area contributed by atoms with E-state index in [9.17, 15) is 0 Å². The standard InChI is InChI=1S/C10H9ClN2/c1-2-3-10-12-8-5-4-7(11)6-9(8)13-10/h2-6H,1H3,(H,12,13)/b3-2+. The van der Waals surface area contributed by atoms with Gasteiger partial charge in [0, 0.05) is 5.02 Å². The molecular formula is C10H9ClN2. The van der Waals surface area contributed by atoms with Gasteiger partial charge in [-0.25, -0.2) is 4.98 Å². The van der Waals surface area contributed by atoms with Crippen molar-refractivity contribution in [2.24, 2.45) is 0 Å². The first-order valence-electron chi connectivity index (χ1n) is 4.07. The van der Waals surface area contributed by atoms with E-state index in [0.717, 1.165) is 21.9 Å². The Bertz CT molecular complexity index is 457. The van der Waals surface area contributed by atoms with E-state index >= 15 is 0 Å². The first kappa shape index (κ1) is 8.32. The number of fused-ring (bicyclic) bond motifs is 1. The second-order valence-corrected chi connectivity index (χ2v) is 3.22. The Kier molecular flexibility index (Phi) is 2.07. The Labute approximate surface area is 81.3 Å². The molecule has 13 heavy (non-hydrogen) atoms. The maximum atomic E-state index is 5.84. The van der Waals surface area contributed by atoms with Crippen LogP contribution in [0.4, 0.5) is 0 Å². The van der Waals surface area contributed by atoms with Gasteiger partial charge in [0.25, 0.3) is 0 Å². The van der Waals surface area contributed by atoms with Crippen molar-refractivity contribution in [2.45, 2.75) is 6.92 Å². The van der Waals surface area contributed by atoms with Crippen molar-refractivity contribution in [3.63, 3.8) is 0 Å². The highest BCUT2D eigenvalue weighted by Gasteiger charge is 1.99. The maximum Gasteiger partial charge on any atom is 0.130 e. The van der Waals surface area contributed by atoms with Gasteiger partial charge in [0.15, 0.2) is 0 Å². The minimum atomic E-state index is 0.725. The second kappa shape index (κ2) is 3.23. The number of H-pyrrole nitrogens is 1. The van der Waals surface area contributed by atoms with Crippen molar-refractivity contribution >= 4 is 28.7 Å². The Balaban J connectivity index is 2.62. The zero-order valence-corrected chi connectivity index (χ0v) is 7.97. The Morgan fingerprint density at radius 2 is 2.31 bits per heavy atom. The molecular weight excluding hydrogens is 184 g/mol. The van der Waals surface area contributed by atoms with Gasteiger partial charge in [0.2, 0.25) is 0 Å². The molecule has 0 aliphatic carbocycles. The number of nitrogens with one attached hydrogen (secondary N) is 1. The van der Waals surface area contributed by atoms with E-state index in [2.05, 4.69) is 9.97 Å². The molecule has 0 bridgehead atoms. The Morgan fingerprint density at radius 1 is 1.46 bits per heavy atom. The number of rotatable bonds is 1. The van der Waals surface area contributed by atoms with Crippen molar-refractivity contribution in [3.05, 3.63) is 35.1 Å². The SMILES string of the molecule is C/C=C/c1nc2ccc(Cl)cc2[nH]1. The molecule has 1 N–H and O–H groups in total. The third kappa shape index (κ3) is 1.58. The van der Waals surface area contributed by atoms with Gasteiger partial charge in [-0.15, -0.1) is 0 Å². The summed E-state index contributed by atoms with van der Waals surface area (Å²) in [6.07, 6.45) is 3.87. The monoisotopic (exact) mass is 192 g/mol. The van der Waals surface area contributed by atoms with Crippen molar-refractivity contribution < 1.29 is 0 Å². The van der Waals surface area contributed by atoms with Crippen LogP contribution in [0, 0.1) is 0 Å². The fraction of sp³-hybridized carbons (Fsp3) is 0.100. The molecule has 66 valence electrons. The predicted octanol–water partition coefficient (Wildman–Crippen LogP) is 3.25. The molecule has 2 nitrogen and oxygen atoms in total. The van der Waals surface area contributed by atoms with E-state index in [4.69, 9.17) is 11.6 Å². The summed E-state index contributed by atoms with van der Waals surface area (Å²) in [5.41, 5.74) is 1.91. The smallest absolute Gasteiger partial charge is 0.130 e. The van der Waals surface area contributed by atoms with Crippen LogP contribution in [0.5, 0.6) is 0 Å².